The van der Waals surface area contributed by atoms with Gasteiger partial charge in [0.15, 0.2) is 11.6 Å². The number of nitriles is 1. The Hall–Kier alpha value is -1.73. The Morgan fingerprint density at radius 3 is 2.26 bits per heavy atom. The number of nitrogens with two attached hydrogens (primary N) is 1. The first-order valence-corrected chi connectivity index (χ1v) is 13.3. The molecule has 0 spiro atoms. The molecule has 0 aromatic carbocycles. The summed E-state index contributed by atoms with van der Waals surface area (Å²) in [5.41, 5.74) is 7.05. The highest BCUT2D eigenvalue weighted by molar-refractivity contribution is 6.04. The van der Waals surface area contributed by atoms with Gasteiger partial charge in [-0.05, 0) is 79.1 Å². The number of rotatable bonds is 0. The molecule has 0 radical (unpaired) electrons. The van der Waals surface area contributed by atoms with Crippen LogP contribution in [0, 0.1) is 56.2 Å². The van der Waals surface area contributed by atoms with Gasteiger partial charge in [-0.25, -0.2) is 0 Å². The van der Waals surface area contributed by atoms with Crippen LogP contribution in [0.2, 0.25) is 0 Å². The minimum atomic E-state index is -0.621. The molecule has 0 bridgehead atoms. The van der Waals surface area contributed by atoms with Crippen molar-refractivity contribution in [2.45, 2.75) is 99.0 Å². The Balaban J connectivity index is 1.69. The van der Waals surface area contributed by atoms with Crippen LogP contribution in [-0.2, 0) is 9.59 Å². The van der Waals surface area contributed by atoms with Crippen LogP contribution in [0.3, 0.4) is 0 Å². The average Bonchev–Trinajstić information content (AvgIpc) is 2.74. The molecule has 0 aromatic heterocycles. The largest absolute Gasteiger partial charge is 0.325 e. The minimum Gasteiger partial charge on any atom is -0.325 e. The van der Waals surface area contributed by atoms with E-state index in [1.807, 2.05) is 26.0 Å². The van der Waals surface area contributed by atoms with Crippen LogP contribution in [0.5, 0.6) is 0 Å². The lowest BCUT2D eigenvalue weighted by Crippen LogP contribution is -2.68. The Labute approximate surface area is 205 Å². The van der Waals surface area contributed by atoms with Crippen molar-refractivity contribution in [3.63, 3.8) is 0 Å². The van der Waals surface area contributed by atoms with E-state index in [1.165, 1.54) is 0 Å². The van der Waals surface area contributed by atoms with Gasteiger partial charge in [-0.1, -0.05) is 60.1 Å². The average molecular weight is 463 g/mol. The van der Waals surface area contributed by atoms with Gasteiger partial charge in [-0.15, -0.1) is 0 Å². The summed E-state index contributed by atoms with van der Waals surface area (Å²) in [7, 11) is 0. The van der Waals surface area contributed by atoms with Gasteiger partial charge in [-0.2, -0.15) is 5.26 Å². The number of ketones is 2. The fraction of sp³-hybridized carbons (Fsp3) is 0.767. The van der Waals surface area contributed by atoms with Gasteiger partial charge >= 0.3 is 0 Å². The summed E-state index contributed by atoms with van der Waals surface area (Å²) < 4.78 is 0. The van der Waals surface area contributed by atoms with Crippen molar-refractivity contribution in [1.82, 2.24) is 0 Å². The van der Waals surface area contributed by atoms with Crippen molar-refractivity contribution >= 4 is 11.6 Å². The van der Waals surface area contributed by atoms with E-state index < -0.39 is 10.8 Å². The summed E-state index contributed by atoms with van der Waals surface area (Å²) in [6, 6.07) is 2.19. The highest BCUT2D eigenvalue weighted by atomic mass is 16.1. The Morgan fingerprint density at radius 1 is 0.971 bits per heavy atom. The van der Waals surface area contributed by atoms with Crippen molar-refractivity contribution < 1.29 is 9.59 Å². The topological polar surface area (TPSA) is 83.9 Å². The lowest BCUT2D eigenvalue weighted by atomic mass is 9.35. The highest BCUT2D eigenvalue weighted by Gasteiger charge is 2.69. The number of carbonyl (C=O) groups is 2. The Bertz CT molecular complexity index is 1090. The number of hydrogen-bond acceptors (Lipinski definition) is 4. The third-order valence-electron chi connectivity index (χ3n) is 11.9. The Kier molecular flexibility index (Phi) is 4.74. The highest BCUT2D eigenvalue weighted by Crippen LogP contribution is 2.73. The summed E-state index contributed by atoms with van der Waals surface area (Å²) in [6.07, 6.45) is 10.9. The number of hydrogen-bond donors (Lipinski definition) is 1. The summed E-state index contributed by atoms with van der Waals surface area (Å²) in [5, 5.41) is 9.82. The molecule has 0 aromatic rings. The van der Waals surface area contributed by atoms with Crippen LogP contribution in [0.4, 0.5) is 0 Å². The lowest BCUT2D eigenvalue weighted by Gasteiger charge is -2.69. The quantitative estimate of drug-likeness (QED) is 0.484. The molecule has 2 N–H and O–H groups in total. The zero-order chi connectivity index (χ0) is 25.1. The van der Waals surface area contributed by atoms with Gasteiger partial charge < -0.3 is 5.73 Å². The smallest absolute Gasteiger partial charge is 0.178 e. The summed E-state index contributed by atoms with van der Waals surface area (Å²) >= 11 is 0. The molecule has 3 saturated carbocycles. The van der Waals surface area contributed by atoms with Gasteiger partial charge in [0, 0.05) is 22.3 Å². The van der Waals surface area contributed by atoms with E-state index in [9.17, 15) is 14.9 Å². The molecule has 7 atom stereocenters. The zero-order valence-electron chi connectivity index (χ0n) is 22.2. The van der Waals surface area contributed by atoms with E-state index in [0.717, 1.165) is 50.5 Å². The second-order valence-electron chi connectivity index (χ2n) is 14.5. The maximum atomic E-state index is 14.1. The molecular formula is C30H42N2O2. The first kappa shape index (κ1) is 24.0. The fourth-order valence-corrected chi connectivity index (χ4v) is 9.67. The van der Waals surface area contributed by atoms with Crippen LogP contribution < -0.4 is 5.73 Å². The van der Waals surface area contributed by atoms with Crippen LogP contribution >= 0.6 is 0 Å². The van der Waals surface area contributed by atoms with E-state index in [1.54, 1.807) is 0 Å². The summed E-state index contributed by atoms with van der Waals surface area (Å²) in [6.45, 7) is 15.6. The van der Waals surface area contributed by atoms with E-state index >= 15 is 0 Å². The molecule has 5 rings (SSSR count). The Morgan fingerprint density at radius 2 is 1.62 bits per heavy atom. The molecule has 0 heterocycles. The van der Waals surface area contributed by atoms with E-state index in [2.05, 4.69) is 40.7 Å². The first-order valence-electron chi connectivity index (χ1n) is 13.3. The molecule has 5 aliphatic rings. The summed E-state index contributed by atoms with van der Waals surface area (Å²) in [4.78, 5) is 27.3. The zero-order valence-corrected chi connectivity index (χ0v) is 22.2. The number of allylic oxidation sites excluding steroid dienone is 4. The molecule has 184 valence electrons. The molecule has 0 unspecified atom stereocenters. The van der Waals surface area contributed by atoms with Crippen LogP contribution in [-0.4, -0.2) is 17.1 Å². The third-order valence-corrected chi connectivity index (χ3v) is 11.9. The monoisotopic (exact) mass is 462 g/mol. The molecule has 0 aliphatic heterocycles. The molecular weight excluding hydrogens is 420 g/mol. The van der Waals surface area contributed by atoms with Gasteiger partial charge in [0.05, 0.1) is 5.57 Å². The molecule has 0 amide bonds. The molecule has 34 heavy (non-hydrogen) atoms. The van der Waals surface area contributed by atoms with E-state index in [-0.39, 0.29) is 56.7 Å². The van der Waals surface area contributed by atoms with Gasteiger partial charge in [0.25, 0.3) is 0 Å². The van der Waals surface area contributed by atoms with Crippen LogP contribution in [0.25, 0.3) is 0 Å². The molecule has 4 nitrogen and oxygen atoms in total. The van der Waals surface area contributed by atoms with Gasteiger partial charge in [0.1, 0.15) is 6.07 Å². The molecule has 3 fully saturated rings. The minimum absolute atomic E-state index is 0.0529. The van der Waals surface area contributed by atoms with Crippen molar-refractivity contribution in [1.29, 1.82) is 5.26 Å². The number of fused-ring (bicyclic) bond motifs is 7. The second-order valence-corrected chi connectivity index (χ2v) is 14.5. The number of nitrogens with zero attached hydrogens (tertiary/aromatic N) is 1. The standard InChI is InChI=1S/C30H42N2O2/c1-25(2)10-12-30(32)13-11-29(7)23(19(30)16-25)20(33)14-22-27(5)15-18(17-31)24(34)26(3,4)21(27)8-9-28(22,29)6/h14-15,19,21,23H,8-13,16,32H2,1-7H3/t19-,21-,23+,27-,28+,29+,30-/m0/s1. The molecule has 5 aliphatic carbocycles. The van der Waals surface area contributed by atoms with Crippen molar-refractivity contribution in [2.24, 2.45) is 50.6 Å². The normalized spacial score (nSPS) is 48.9. The van der Waals surface area contributed by atoms with Gasteiger partial charge in [0.2, 0.25) is 0 Å². The number of Topliss-reactive ketones (excluding diaryl/α,β-unsaturated/α-hetero) is 1. The molecule has 0 saturated heterocycles. The maximum Gasteiger partial charge on any atom is 0.178 e. The SMILES string of the molecule is CC1(C)CC[C@]2(N)CC[C@]3(C)[C@@H](C(=O)C=C4[C@@]5(C)C=C(C#N)C(=O)C(C)(C)[C@@H]5CC[C@]43C)[C@@H]2C1. The van der Waals surface area contributed by atoms with Crippen molar-refractivity contribution in [3.8, 4) is 6.07 Å². The van der Waals surface area contributed by atoms with E-state index in [4.69, 9.17) is 5.73 Å². The van der Waals surface area contributed by atoms with Crippen molar-refractivity contribution in [3.05, 3.63) is 23.3 Å². The second kappa shape index (κ2) is 6.73. The summed E-state index contributed by atoms with van der Waals surface area (Å²) in [5.74, 6) is 0.413. The predicted molar refractivity (Wildman–Crippen MR) is 133 cm³/mol. The van der Waals surface area contributed by atoms with E-state index in [0.29, 0.717) is 0 Å². The van der Waals surface area contributed by atoms with Gasteiger partial charge in [-0.3, -0.25) is 9.59 Å². The lowest BCUT2D eigenvalue weighted by molar-refractivity contribution is -0.158. The maximum absolute atomic E-state index is 14.1. The first-order chi connectivity index (χ1) is 15.6. The fourth-order valence-electron chi connectivity index (χ4n) is 9.67. The molecule has 4 heteroatoms. The van der Waals surface area contributed by atoms with Crippen molar-refractivity contribution in [2.75, 3.05) is 0 Å². The van der Waals surface area contributed by atoms with Crippen LogP contribution in [0.15, 0.2) is 23.3 Å². The number of carbonyl (C=O) groups excluding carboxylic acids is 2. The van der Waals surface area contributed by atoms with Crippen LogP contribution in [0.1, 0.15) is 93.4 Å². The third kappa shape index (κ3) is 2.74. The predicted octanol–water partition coefficient (Wildman–Crippen LogP) is 5.92.